The Hall–Kier alpha value is -2.18. The first-order valence-electron chi connectivity index (χ1n) is 4.18. The number of methoxy groups -OCH3 is 1. The molecule has 1 atom stereocenters. The van der Waals surface area contributed by atoms with Crippen LogP contribution >= 0.6 is 0 Å². The van der Waals surface area contributed by atoms with Crippen LogP contribution in [-0.2, 0) is 9.53 Å². The molecule has 0 fully saturated rings. The first-order valence-corrected chi connectivity index (χ1v) is 4.18. The summed E-state index contributed by atoms with van der Waals surface area (Å²) in [5, 5.41) is 10.5. The van der Waals surface area contributed by atoms with E-state index in [0.29, 0.717) is 0 Å². The molecule has 0 saturated carbocycles. The van der Waals surface area contributed by atoms with E-state index in [2.05, 4.69) is 9.47 Å². The SMILES string of the molecule is COC(=O)C(F)Oc1ccccc1[N+](=O)[O-]. The van der Waals surface area contributed by atoms with E-state index in [1.165, 1.54) is 18.2 Å². The summed E-state index contributed by atoms with van der Waals surface area (Å²) in [7, 11) is 0.984. The Morgan fingerprint density at radius 2 is 2.12 bits per heavy atom. The van der Waals surface area contributed by atoms with Gasteiger partial charge in [0.25, 0.3) is 0 Å². The van der Waals surface area contributed by atoms with Gasteiger partial charge < -0.3 is 9.47 Å². The van der Waals surface area contributed by atoms with Gasteiger partial charge in [-0.05, 0) is 6.07 Å². The number of ether oxygens (including phenoxy) is 2. The van der Waals surface area contributed by atoms with Crippen molar-refractivity contribution in [3.05, 3.63) is 34.4 Å². The van der Waals surface area contributed by atoms with E-state index in [-0.39, 0.29) is 5.75 Å². The second-order valence-corrected chi connectivity index (χ2v) is 2.68. The lowest BCUT2D eigenvalue weighted by atomic mass is 10.3. The second kappa shape index (κ2) is 5.06. The predicted molar refractivity (Wildman–Crippen MR) is 50.6 cm³/mol. The minimum atomic E-state index is -2.38. The number of esters is 1. The summed E-state index contributed by atoms with van der Waals surface area (Å²) in [5.74, 6) is -1.58. The van der Waals surface area contributed by atoms with Crippen LogP contribution < -0.4 is 4.74 Å². The van der Waals surface area contributed by atoms with Crippen LogP contribution in [0.25, 0.3) is 0 Å². The van der Waals surface area contributed by atoms with Gasteiger partial charge in [0.05, 0.1) is 12.0 Å². The molecule has 0 radical (unpaired) electrons. The topological polar surface area (TPSA) is 78.7 Å². The third-order valence-corrected chi connectivity index (χ3v) is 1.68. The van der Waals surface area contributed by atoms with Gasteiger partial charge in [-0.15, -0.1) is 0 Å². The number of halogens is 1. The van der Waals surface area contributed by atoms with Crippen molar-refractivity contribution in [1.82, 2.24) is 0 Å². The van der Waals surface area contributed by atoms with Gasteiger partial charge in [-0.2, -0.15) is 4.39 Å². The number of hydrogen-bond donors (Lipinski definition) is 0. The number of rotatable bonds is 4. The van der Waals surface area contributed by atoms with Crippen molar-refractivity contribution in [3.8, 4) is 5.75 Å². The molecule has 0 amide bonds. The molecule has 7 heteroatoms. The number of hydrogen-bond acceptors (Lipinski definition) is 5. The van der Waals surface area contributed by atoms with Gasteiger partial charge in [0, 0.05) is 6.07 Å². The second-order valence-electron chi connectivity index (χ2n) is 2.68. The fraction of sp³-hybridized carbons (Fsp3) is 0.222. The molecule has 0 heterocycles. The molecule has 1 unspecified atom stereocenters. The molecule has 0 saturated heterocycles. The summed E-state index contributed by atoms with van der Waals surface area (Å²) >= 11 is 0. The van der Waals surface area contributed by atoms with Crippen LogP contribution in [0.15, 0.2) is 24.3 Å². The molecule has 86 valence electrons. The Morgan fingerprint density at radius 1 is 1.50 bits per heavy atom. The van der Waals surface area contributed by atoms with Crippen molar-refractivity contribution in [2.75, 3.05) is 7.11 Å². The third kappa shape index (κ3) is 2.66. The minimum Gasteiger partial charge on any atom is -0.464 e. The number of nitrogens with zero attached hydrogens (tertiary/aromatic N) is 1. The number of carbonyl (C=O) groups is 1. The summed E-state index contributed by atoms with van der Waals surface area (Å²) in [6, 6.07) is 5.15. The summed E-state index contributed by atoms with van der Waals surface area (Å²) < 4.78 is 21.6. The Balaban J connectivity index is 2.88. The van der Waals surface area contributed by atoms with Crippen LogP contribution in [-0.4, -0.2) is 24.4 Å². The van der Waals surface area contributed by atoms with Gasteiger partial charge in [-0.1, -0.05) is 12.1 Å². The summed E-state index contributed by atoms with van der Waals surface area (Å²) in [4.78, 5) is 20.5. The molecule has 0 aliphatic heterocycles. The molecule has 0 spiro atoms. The highest BCUT2D eigenvalue weighted by Gasteiger charge is 2.23. The van der Waals surface area contributed by atoms with E-state index in [0.717, 1.165) is 13.2 Å². The molecular formula is C9H8FNO5. The monoisotopic (exact) mass is 229 g/mol. The number of nitro benzene ring substituents is 1. The van der Waals surface area contributed by atoms with Crippen molar-refractivity contribution in [1.29, 1.82) is 0 Å². The molecule has 0 bridgehead atoms. The van der Waals surface area contributed by atoms with Crippen LogP contribution in [0.5, 0.6) is 5.75 Å². The molecule has 16 heavy (non-hydrogen) atoms. The molecule has 0 N–H and O–H groups in total. The maximum absolute atomic E-state index is 13.0. The van der Waals surface area contributed by atoms with E-state index in [4.69, 9.17) is 0 Å². The van der Waals surface area contributed by atoms with Crippen molar-refractivity contribution in [2.24, 2.45) is 0 Å². The first-order chi connectivity index (χ1) is 7.56. The van der Waals surface area contributed by atoms with Crippen molar-refractivity contribution >= 4 is 11.7 Å². The highest BCUT2D eigenvalue weighted by Crippen LogP contribution is 2.27. The summed E-state index contributed by atoms with van der Waals surface area (Å²) in [6.07, 6.45) is -2.38. The minimum absolute atomic E-state index is 0.328. The van der Waals surface area contributed by atoms with E-state index in [9.17, 15) is 19.3 Å². The van der Waals surface area contributed by atoms with Crippen LogP contribution in [0.2, 0.25) is 0 Å². The van der Waals surface area contributed by atoms with Crippen LogP contribution in [0.4, 0.5) is 10.1 Å². The summed E-state index contributed by atoms with van der Waals surface area (Å²) in [5.41, 5.74) is -0.422. The van der Waals surface area contributed by atoms with Gasteiger partial charge in [-0.25, -0.2) is 4.79 Å². The van der Waals surface area contributed by atoms with Gasteiger partial charge in [-0.3, -0.25) is 10.1 Å². The van der Waals surface area contributed by atoms with Gasteiger partial charge in [0.1, 0.15) is 0 Å². The smallest absolute Gasteiger partial charge is 0.380 e. The molecule has 6 nitrogen and oxygen atoms in total. The molecular weight excluding hydrogens is 221 g/mol. The van der Waals surface area contributed by atoms with Crippen LogP contribution in [0.3, 0.4) is 0 Å². The highest BCUT2D eigenvalue weighted by molar-refractivity contribution is 5.73. The fourth-order valence-electron chi connectivity index (χ4n) is 0.960. The van der Waals surface area contributed by atoms with Gasteiger partial charge in [0.2, 0.25) is 5.75 Å². The van der Waals surface area contributed by atoms with E-state index < -0.39 is 22.9 Å². The average molecular weight is 229 g/mol. The first kappa shape index (κ1) is 11.9. The Bertz CT molecular complexity index is 409. The van der Waals surface area contributed by atoms with Gasteiger partial charge >= 0.3 is 18.0 Å². The summed E-state index contributed by atoms with van der Waals surface area (Å²) in [6.45, 7) is 0. The maximum Gasteiger partial charge on any atom is 0.380 e. The van der Waals surface area contributed by atoms with Crippen molar-refractivity contribution < 1.29 is 23.6 Å². The Labute approximate surface area is 89.7 Å². The molecule has 0 aliphatic rings. The standard InChI is InChI=1S/C9H8FNO5/c1-15-9(12)8(10)16-7-5-3-2-4-6(7)11(13)14/h2-5,8H,1H3. The highest BCUT2D eigenvalue weighted by atomic mass is 19.1. The lowest BCUT2D eigenvalue weighted by Crippen LogP contribution is -2.23. The van der Waals surface area contributed by atoms with E-state index in [1.54, 1.807) is 0 Å². The number of carbonyl (C=O) groups excluding carboxylic acids is 1. The zero-order chi connectivity index (χ0) is 12.1. The van der Waals surface area contributed by atoms with Crippen molar-refractivity contribution in [2.45, 2.75) is 6.36 Å². The Morgan fingerprint density at radius 3 is 2.69 bits per heavy atom. The lowest BCUT2D eigenvalue weighted by Gasteiger charge is -2.08. The number of alkyl halides is 1. The van der Waals surface area contributed by atoms with E-state index >= 15 is 0 Å². The Kier molecular flexibility index (Phi) is 3.76. The van der Waals surface area contributed by atoms with Crippen LogP contribution in [0, 0.1) is 10.1 Å². The maximum atomic E-state index is 13.0. The third-order valence-electron chi connectivity index (χ3n) is 1.68. The quantitative estimate of drug-likeness (QED) is 0.443. The number of benzene rings is 1. The molecule has 0 aliphatic carbocycles. The molecule has 1 aromatic carbocycles. The van der Waals surface area contributed by atoms with Crippen LogP contribution in [0.1, 0.15) is 0 Å². The van der Waals surface area contributed by atoms with Gasteiger partial charge in [0.15, 0.2) is 0 Å². The zero-order valence-electron chi connectivity index (χ0n) is 8.25. The molecule has 0 aromatic heterocycles. The zero-order valence-corrected chi connectivity index (χ0v) is 8.25. The molecule has 1 rings (SSSR count). The fourth-order valence-corrected chi connectivity index (χ4v) is 0.960. The predicted octanol–water partition coefficient (Wildman–Crippen LogP) is 1.44. The largest absolute Gasteiger partial charge is 0.464 e. The molecule has 1 aromatic rings. The van der Waals surface area contributed by atoms with Crippen molar-refractivity contribution in [3.63, 3.8) is 0 Å². The lowest BCUT2D eigenvalue weighted by molar-refractivity contribution is -0.386. The normalized spacial score (nSPS) is 11.6. The van der Waals surface area contributed by atoms with E-state index in [1.807, 2.05) is 0 Å². The average Bonchev–Trinajstić information content (AvgIpc) is 2.28. The number of para-hydroxylation sites is 2. The number of nitro groups is 1.